The summed E-state index contributed by atoms with van der Waals surface area (Å²) in [6.07, 6.45) is 3.27. The molecule has 3 nitrogen and oxygen atoms in total. The van der Waals surface area contributed by atoms with Crippen LogP contribution in [-0.4, -0.2) is 15.2 Å². The van der Waals surface area contributed by atoms with Gasteiger partial charge >= 0.3 is 0 Å². The molecule has 0 saturated carbocycles. The van der Waals surface area contributed by atoms with E-state index in [1.807, 2.05) is 13.0 Å². The number of aromatic nitrogens is 2. The average molecular weight is 209 g/mol. The third kappa shape index (κ3) is 1.30. The molecule has 0 radical (unpaired) electrons. The summed E-state index contributed by atoms with van der Waals surface area (Å²) in [7, 11) is 0. The molecule has 0 aromatic carbocycles. The number of pyridine rings is 1. The van der Waals surface area contributed by atoms with E-state index < -0.39 is 0 Å². The number of carbonyl (C=O) groups is 1. The number of ketones is 1. The molecule has 0 saturated heterocycles. The van der Waals surface area contributed by atoms with Crippen LogP contribution in [0.2, 0.25) is 5.02 Å². The first-order valence-electron chi connectivity index (χ1n) is 4.24. The van der Waals surface area contributed by atoms with Crippen molar-refractivity contribution in [2.45, 2.75) is 13.8 Å². The van der Waals surface area contributed by atoms with Crippen LogP contribution in [0.1, 0.15) is 23.0 Å². The summed E-state index contributed by atoms with van der Waals surface area (Å²) < 4.78 is 1.72. The lowest BCUT2D eigenvalue weighted by Crippen LogP contribution is -1.98. The van der Waals surface area contributed by atoms with E-state index in [-0.39, 0.29) is 5.78 Å². The average Bonchev–Trinajstić information content (AvgIpc) is 2.47. The molecule has 0 bridgehead atoms. The van der Waals surface area contributed by atoms with Crippen molar-refractivity contribution in [2.24, 2.45) is 0 Å². The largest absolute Gasteiger partial charge is 0.295 e. The number of carbonyl (C=O) groups excluding carboxylic acids is 1. The first-order chi connectivity index (χ1) is 6.59. The second-order valence-corrected chi connectivity index (χ2v) is 3.67. The van der Waals surface area contributed by atoms with Crippen LogP contribution >= 0.6 is 11.6 Å². The highest BCUT2D eigenvalue weighted by atomic mass is 35.5. The Hall–Kier alpha value is -1.35. The predicted molar refractivity (Wildman–Crippen MR) is 54.9 cm³/mol. The van der Waals surface area contributed by atoms with Crippen molar-refractivity contribution in [3.05, 3.63) is 34.7 Å². The van der Waals surface area contributed by atoms with Crippen LogP contribution in [0.5, 0.6) is 0 Å². The molecule has 0 aliphatic heterocycles. The van der Waals surface area contributed by atoms with E-state index in [2.05, 4.69) is 4.98 Å². The molecule has 0 unspecified atom stereocenters. The molecule has 0 aliphatic carbocycles. The van der Waals surface area contributed by atoms with Crippen molar-refractivity contribution < 1.29 is 4.79 Å². The Morgan fingerprint density at radius 2 is 2.29 bits per heavy atom. The van der Waals surface area contributed by atoms with Gasteiger partial charge in [-0.1, -0.05) is 11.6 Å². The summed E-state index contributed by atoms with van der Waals surface area (Å²) in [4.78, 5) is 15.4. The van der Waals surface area contributed by atoms with Gasteiger partial charge in [-0.25, -0.2) is 4.98 Å². The van der Waals surface area contributed by atoms with Crippen LogP contribution in [0.15, 0.2) is 18.5 Å². The molecule has 0 atom stereocenters. The molecule has 0 N–H and O–H groups in total. The fourth-order valence-corrected chi connectivity index (χ4v) is 1.74. The molecule has 2 aromatic heterocycles. The second-order valence-electron chi connectivity index (χ2n) is 3.23. The van der Waals surface area contributed by atoms with Gasteiger partial charge in [0, 0.05) is 13.1 Å². The van der Waals surface area contributed by atoms with Gasteiger partial charge in [0.2, 0.25) is 0 Å². The zero-order chi connectivity index (χ0) is 10.3. The molecule has 72 valence electrons. The highest BCUT2D eigenvalue weighted by molar-refractivity contribution is 6.30. The predicted octanol–water partition coefficient (Wildman–Crippen LogP) is 2.50. The maximum atomic E-state index is 11.2. The van der Waals surface area contributed by atoms with Crippen molar-refractivity contribution in [3.63, 3.8) is 0 Å². The zero-order valence-corrected chi connectivity index (χ0v) is 8.67. The van der Waals surface area contributed by atoms with Crippen LogP contribution in [0.25, 0.3) is 5.65 Å². The number of imidazole rings is 1. The quantitative estimate of drug-likeness (QED) is 0.675. The molecule has 2 heterocycles. The van der Waals surface area contributed by atoms with Crippen LogP contribution in [0.3, 0.4) is 0 Å². The third-order valence-electron chi connectivity index (χ3n) is 2.12. The highest BCUT2D eigenvalue weighted by Gasteiger charge is 2.09. The van der Waals surface area contributed by atoms with Gasteiger partial charge in [-0.3, -0.25) is 9.20 Å². The van der Waals surface area contributed by atoms with Gasteiger partial charge in [-0.15, -0.1) is 0 Å². The standard InChI is InChI=1S/C10H9ClN2O/c1-6-3-8(11)5-13-9(7(2)14)4-12-10(6)13/h3-5H,1-2H3. The first-order valence-corrected chi connectivity index (χ1v) is 4.61. The Labute approximate surface area is 86.3 Å². The number of Topliss-reactive ketones (excluding diaryl/α,β-unsaturated/α-hetero) is 1. The number of nitrogens with zero attached hydrogens (tertiary/aromatic N) is 2. The Bertz CT molecular complexity index is 516. The fraction of sp³-hybridized carbons (Fsp3) is 0.200. The van der Waals surface area contributed by atoms with Crippen LogP contribution in [0.4, 0.5) is 0 Å². The minimum Gasteiger partial charge on any atom is -0.295 e. The van der Waals surface area contributed by atoms with Crippen molar-refractivity contribution >= 4 is 23.0 Å². The monoisotopic (exact) mass is 208 g/mol. The topological polar surface area (TPSA) is 34.4 Å². The van der Waals surface area contributed by atoms with Crippen LogP contribution in [-0.2, 0) is 0 Å². The number of rotatable bonds is 1. The molecule has 14 heavy (non-hydrogen) atoms. The maximum absolute atomic E-state index is 11.2. The van der Waals surface area contributed by atoms with Crippen LogP contribution in [0, 0.1) is 6.92 Å². The van der Waals surface area contributed by atoms with E-state index in [4.69, 9.17) is 11.6 Å². The van der Waals surface area contributed by atoms with Gasteiger partial charge in [0.1, 0.15) is 11.3 Å². The number of hydrogen-bond acceptors (Lipinski definition) is 2. The van der Waals surface area contributed by atoms with Crippen molar-refractivity contribution in [2.75, 3.05) is 0 Å². The van der Waals surface area contributed by atoms with Gasteiger partial charge in [0.15, 0.2) is 5.78 Å². The zero-order valence-electron chi connectivity index (χ0n) is 7.91. The van der Waals surface area contributed by atoms with Gasteiger partial charge < -0.3 is 0 Å². The molecule has 0 spiro atoms. The highest BCUT2D eigenvalue weighted by Crippen LogP contribution is 2.17. The summed E-state index contributed by atoms with van der Waals surface area (Å²) in [5, 5.41) is 0.607. The summed E-state index contributed by atoms with van der Waals surface area (Å²) in [5.74, 6) is -0.0147. The molecule has 2 rings (SSSR count). The lowest BCUT2D eigenvalue weighted by Gasteiger charge is -2.01. The number of hydrogen-bond donors (Lipinski definition) is 0. The second kappa shape index (κ2) is 3.10. The Morgan fingerprint density at radius 3 is 2.93 bits per heavy atom. The third-order valence-corrected chi connectivity index (χ3v) is 2.32. The summed E-state index contributed by atoms with van der Waals surface area (Å²) in [6, 6.07) is 1.83. The van der Waals surface area contributed by atoms with E-state index in [1.54, 1.807) is 16.8 Å². The maximum Gasteiger partial charge on any atom is 0.178 e. The van der Waals surface area contributed by atoms with Crippen LogP contribution < -0.4 is 0 Å². The van der Waals surface area contributed by atoms with Gasteiger partial charge in [-0.05, 0) is 18.6 Å². The van der Waals surface area contributed by atoms with Gasteiger partial charge in [-0.2, -0.15) is 0 Å². The van der Waals surface area contributed by atoms with Gasteiger partial charge in [0.25, 0.3) is 0 Å². The SMILES string of the molecule is CC(=O)c1cnc2c(C)cc(Cl)cn12. The molecular formula is C10H9ClN2O. The lowest BCUT2D eigenvalue weighted by molar-refractivity contribution is 0.101. The molecule has 0 aliphatic rings. The molecule has 2 aromatic rings. The van der Waals surface area contributed by atoms with Crippen molar-refractivity contribution in [1.29, 1.82) is 0 Å². The summed E-state index contributed by atoms with van der Waals surface area (Å²) >= 11 is 5.90. The van der Waals surface area contributed by atoms with E-state index in [0.717, 1.165) is 11.2 Å². The van der Waals surface area contributed by atoms with E-state index in [9.17, 15) is 4.79 Å². The number of aryl methyl sites for hydroxylation is 1. The summed E-state index contributed by atoms with van der Waals surface area (Å²) in [6.45, 7) is 3.43. The Kier molecular flexibility index (Phi) is 2.04. The van der Waals surface area contributed by atoms with E-state index in [0.29, 0.717) is 10.7 Å². The number of fused-ring (bicyclic) bond motifs is 1. The smallest absolute Gasteiger partial charge is 0.178 e. The summed E-state index contributed by atoms with van der Waals surface area (Å²) in [5.41, 5.74) is 2.30. The lowest BCUT2D eigenvalue weighted by atomic mass is 10.3. The van der Waals surface area contributed by atoms with Crippen molar-refractivity contribution in [1.82, 2.24) is 9.38 Å². The molecular weight excluding hydrogens is 200 g/mol. The minimum atomic E-state index is -0.0147. The normalized spacial score (nSPS) is 10.8. The molecule has 0 amide bonds. The Balaban J connectivity index is 2.85. The van der Waals surface area contributed by atoms with Crippen molar-refractivity contribution in [3.8, 4) is 0 Å². The fourth-order valence-electron chi connectivity index (χ4n) is 1.48. The minimum absolute atomic E-state index is 0.0147. The molecule has 0 fully saturated rings. The Morgan fingerprint density at radius 1 is 1.57 bits per heavy atom. The first kappa shape index (κ1) is 9.21. The van der Waals surface area contributed by atoms with Gasteiger partial charge in [0.05, 0.1) is 11.2 Å². The van der Waals surface area contributed by atoms with E-state index >= 15 is 0 Å². The molecule has 4 heteroatoms. The van der Waals surface area contributed by atoms with E-state index in [1.165, 1.54) is 6.92 Å². The number of halogens is 1.